The van der Waals surface area contributed by atoms with Gasteiger partial charge in [0.1, 0.15) is 16.4 Å². The maximum Gasteiger partial charge on any atom is 0.410 e. The van der Waals surface area contributed by atoms with Crippen molar-refractivity contribution < 1.29 is 28.6 Å². The predicted molar refractivity (Wildman–Crippen MR) is 159 cm³/mol. The average molecular weight is 689 g/mol. The highest BCUT2D eigenvalue weighted by atomic mass is 35.6. The number of carbonyl (C=O) groups excluding carboxylic acids is 3. The van der Waals surface area contributed by atoms with E-state index < -0.39 is 34.5 Å². The first-order chi connectivity index (χ1) is 20.1. The molecule has 0 bridgehead atoms. The molecule has 4 aromatic rings. The van der Waals surface area contributed by atoms with Gasteiger partial charge in [0, 0.05) is 19.3 Å². The Bertz CT molecular complexity index is 1580. The molecule has 3 aromatic heterocycles. The average Bonchev–Trinajstić information content (AvgIpc) is 3.74. The molecule has 0 fully saturated rings. The van der Waals surface area contributed by atoms with E-state index in [1.54, 1.807) is 54.2 Å². The maximum atomic E-state index is 13.2. The molecule has 1 unspecified atom stereocenters. The summed E-state index contributed by atoms with van der Waals surface area (Å²) in [5.74, 6) is -0.814. The Balaban J connectivity index is 1.51. The van der Waals surface area contributed by atoms with E-state index in [4.69, 9.17) is 49.0 Å². The van der Waals surface area contributed by atoms with Gasteiger partial charge in [-0.25, -0.2) is 19.1 Å². The van der Waals surface area contributed by atoms with Crippen LogP contribution in [0.25, 0.3) is 0 Å². The van der Waals surface area contributed by atoms with Gasteiger partial charge in [-0.1, -0.05) is 58.7 Å². The summed E-state index contributed by atoms with van der Waals surface area (Å²) in [5, 5.41) is 15.5. The zero-order chi connectivity index (χ0) is 29.9. The minimum Gasteiger partial charge on any atom is -0.445 e. The van der Waals surface area contributed by atoms with E-state index in [1.165, 1.54) is 44.0 Å². The second kappa shape index (κ2) is 13.2. The molecule has 1 amide bonds. The van der Waals surface area contributed by atoms with Crippen LogP contribution < -0.4 is 9.47 Å². The number of aryl methyl sites for hydroxylation is 1. The number of benzene rings is 1. The van der Waals surface area contributed by atoms with Crippen LogP contribution in [0.5, 0.6) is 11.5 Å². The number of fused-ring (bicyclic) bond motifs is 1. The third-order valence-corrected chi connectivity index (χ3v) is 9.07. The third kappa shape index (κ3) is 7.36. The number of tetrazole rings is 1. The van der Waals surface area contributed by atoms with Gasteiger partial charge in [-0.15, -0.1) is 27.8 Å². The Morgan fingerprint density at radius 3 is 2.24 bits per heavy atom. The van der Waals surface area contributed by atoms with Crippen LogP contribution in [0.2, 0.25) is 0 Å². The molecule has 0 saturated heterocycles. The first kappa shape index (κ1) is 30.6. The predicted octanol–water partition coefficient (Wildman–Crippen LogP) is 5.97. The van der Waals surface area contributed by atoms with Gasteiger partial charge in [-0.2, -0.15) is 0 Å². The summed E-state index contributed by atoms with van der Waals surface area (Å²) in [6, 6.07) is 9.38. The van der Waals surface area contributed by atoms with Crippen molar-refractivity contribution in [2.75, 3.05) is 18.9 Å². The van der Waals surface area contributed by atoms with Gasteiger partial charge in [-0.3, -0.25) is 4.90 Å². The summed E-state index contributed by atoms with van der Waals surface area (Å²) in [4.78, 5) is 41.2. The highest BCUT2D eigenvalue weighted by molar-refractivity contribution is 7.99. The van der Waals surface area contributed by atoms with Crippen molar-refractivity contribution >= 4 is 87.3 Å². The number of hydrogen-bond acceptors (Lipinski definition) is 12. The number of carbonyl (C=O) groups is 3. The molecule has 1 atom stereocenters. The number of hydrogen-bond donors (Lipinski definition) is 0. The fourth-order valence-electron chi connectivity index (χ4n) is 4.08. The maximum absolute atomic E-state index is 13.2. The van der Waals surface area contributed by atoms with Crippen LogP contribution in [0, 0.1) is 0 Å². The smallest absolute Gasteiger partial charge is 0.410 e. The van der Waals surface area contributed by atoms with Crippen molar-refractivity contribution in [2.45, 2.75) is 21.4 Å². The fraction of sp³-hybridized carbons (Fsp3) is 0.280. The number of amides is 1. The van der Waals surface area contributed by atoms with E-state index in [1.807, 2.05) is 0 Å². The Kier molecular flexibility index (Phi) is 9.60. The quantitative estimate of drug-likeness (QED) is 0.0946. The molecule has 0 saturated carbocycles. The summed E-state index contributed by atoms with van der Waals surface area (Å²) in [7, 11) is 1.69. The molecule has 4 heterocycles. The summed E-state index contributed by atoms with van der Waals surface area (Å²) >= 11 is 21.2. The number of thiophene rings is 2. The van der Waals surface area contributed by atoms with E-state index >= 15 is 0 Å². The zero-order valence-electron chi connectivity index (χ0n) is 21.6. The number of rotatable bonds is 8. The fourth-order valence-corrected chi connectivity index (χ4v) is 6.43. The number of aromatic nitrogens is 4. The van der Waals surface area contributed by atoms with Crippen LogP contribution in [0.15, 0.2) is 52.3 Å². The van der Waals surface area contributed by atoms with Crippen molar-refractivity contribution in [3.8, 4) is 11.5 Å². The van der Waals surface area contributed by atoms with Crippen LogP contribution in [0.3, 0.4) is 0 Å². The molecule has 220 valence electrons. The molecule has 5 rings (SSSR count). The summed E-state index contributed by atoms with van der Waals surface area (Å²) < 4.78 is 16.5. The van der Waals surface area contributed by atoms with Crippen molar-refractivity contribution in [1.82, 2.24) is 25.1 Å². The molecule has 1 aromatic carbocycles. The molecule has 0 N–H and O–H groups in total. The van der Waals surface area contributed by atoms with Crippen molar-refractivity contribution in [2.24, 2.45) is 7.05 Å². The van der Waals surface area contributed by atoms with E-state index in [9.17, 15) is 14.4 Å². The molecule has 0 aliphatic carbocycles. The number of halogens is 3. The van der Waals surface area contributed by atoms with E-state index in [0.29, 0.717) is 32.6 Å². The molecule has 17 heteroatoms. The van der Waals surface area contributed by atoms with Crippen LogP contribution >= 0.6 is 69.2 Å². The Morgan fingerprint density at radius 1 is 1.05 bits per heavy atom. The molecule has 42 heavy (non-hydrogen) atoms. The standard InChI is InChI=1S/C25H20Cl3N5O6S3/c1-32-23(29-30-31-32)42-12-16-15-11-18(39-22(35)20-5-3-9-41-20)17(38-21(34)19-4-2-8-40-19)10-14(15)6-7-33(16)24(36)37-13-25(26,27)28/h2-5,8-11,16H,6-7,12-13H2,1H3. The van der Waals surface area contributed by atoms with Gasteiger partial charge in [0.05, 0.1) is 6.04 Å². The van der Waals surface area contributed by atoms with Gasteiger partial charge in [0.15, 0.2) is 11.5 Å². The number of ether oxygens (including phenoxy) is 3. The van der Waals surface area contributed by atoms with E-state index in [0.717, 1.165) is 5.56 Å². The zero-order valence-corrected chi connectivity index (χ0v) is 26.3. The number of thioether (sulfide) groups is 1. The first-order valence-corrected chi connectivity index (χ1v) is 16.0. The second-order valence-electron chi connectivity index (χ2n) is 8.76. The lowest BCUT2D eigenvalue weighted by Crippen LogP contribution is -2.42. The van der Waals surface area contributed by atoms with Crippen LogP contribution in [0.4, 0.5) is 4.79 Å². The minimum atomic E-state index is -1.79. The van der Waals surface area contributed by atoms with Crippen LogP contribution in [-0.2, 0) is 18.2 Å². The van der Waals surface area contributed by atoms with E-state index in [2.05, 4.69) is 15.5 Å². The van der Waals surface area contributed by atoms with E-state index in [-0.39, 0.29) is 18.0 Å². The number of esters is 2. The topological polar surface area (TPSA) is 126 Å². The van der Waals surface area contributed by atoms with Gasteiger partial charge in [0.25, 0.3) is 0 Å². The molecular formula is C25H20Cl3N5O6S3. The highest BCUT2D eigenvalue weighted by Gasteiger charge is 2.35. The van der Waals surface area contributed by atoms with Gasteiger partial charge in [-0.05, 0) is 63.0 Å². The monoisotopic (exact) mass is 687 g/mol. The Hall–Kier alpha value is -2.88. The Labute approximate surface area is 266 Å². The van der Waals surface area contributed by atoms with Gasteiger partial charge < -0.3 is 14.2 Å². The second-order valence-corrected chi connectivity index (χ2v) is 14.2. The first-order valence-electron chi connectivity index (χ1n) is 12.1. The summed E-state index contributed by atoms with van der Waals surface area (Å²) in [6.45, 7) is -0.200. The lowest BCUT2D eigenvalue weighted by Gasteiger charge is -2.37. The summed E-state index contributed by atoms with van der Waals surface area (Å²) in [6.07, 6.45) is -0.313. The molecular weight excluding hydrogens is 669 g/mol. The minimum absolute atomic E-state index is 0.0175. The number of alkyl halides is 3. The van der Waals surface area contributed by atoms with Crippen LogP contribution in [0.1, 0.15) is 36.5 Å². The molecule has 0 spiro atoms. The lowest BCUT2D eigenvalue weighted by molar-refractivity contribution is 0.0685. The van der Waals surface area contributed by atoms with Crippen molar-refractivity contribution in [3.63, 3.8) is 0 Å². The number of nitrogens with zero attached hydrogens (tertiary/aromatic N) is 5. The molecule has 0 radical (unpaired) electrons. The van der Waals surface area contributed by atoms with Gasteiger partial charge >= 0.3 is 18.0 Å². The SMILES string of the molecule is Cn1nnnc1SCC1c2cc(OC(=O)c3cccs3)c(OC(=O)c3cccs3)cc2CCN1C(=O)OCC(Cl)(Cl)Cl. The summed E-state index contributed by atoms with van der Waals surface area (Å²) in [5.41, 5.74) is 1.44. The Morgan fingerprint density at radius 2 is 1.69 bits per heavy atom. The lowest BCUT2D eigenvalue weighted by atomic mass is 9.93. The molecule has 11 nitrogen and oxygen atoms in total. The highest BCUT2D eigenvalue weighted by Crippen LogP contribution is 2.41. The van der Waals surface area contributed by atoms with Gasteiger partial charge in [0.2, 0.25) is 8.95 Å². The third-order valence-electron chi connectivity index (χ3n) is 5.96. The van der Waals surface area contributed by atoms with Crippen molar-refractivity contribution in [3.05, 3.63) is 68.0 Å². The molecule has 1 aliphatic rings. The normalized spacial score (nSPS) is 14.8. The largest absolute Gasteiger partial charge is 0.445 e. The van der Waals surface area contributed by atoms with Crippen molar-refractivity contribution in [1.29, 1.82) is 0 Å². The van der Waals surface area contributed by atoms with Crippen LogP contribution in [-0.4, -0.2) is 65.8 Å². The molecule has 1 aliphatic heterocycles.